The minimum atomic E-state index is 0.602. The van der Waals surface area contributed by atoms with Gasteiger partial charge in [-0.1, -0.05) is 146 Å². The summed E-state index contributed by atoms with van der Waals surface area (Å²) in [5, 5.41) is 2.12. The van der Waals surface area contributed by atoms with Gasteiger partial charge < -0.3 is 4.42 Å². The van der Waals surface area contributed by atoms with Gasteiger partial charge in [0.1, 0.15) is 11.2 Å². The van der Waals surface area contributed by atoms with Gasteiger partial charge in [0.05, 0.1) is 0 Å². The lowest BCUT2D eigenvalue weighted by Gasteiger charge is -2.08. The Hall–Kier alpha value is -6.65. The molecule has 0 spiro atoms. The molecular formula is C45H29N3O. The van der Waals surface area contributed by atoms with E-state index in [4.69, 9.17) is 19.4 Å². The molecule has 2 aromatic heterocycles. The second kappa shape index (κ2) is 12.2. The third-order valence-electron chi connectivity index (χ3n) is 8.95. The molecule has 4 nitrogen and oxygen atoms in total. The molecule has 4 heteroatoms. The number of hydrogen-bond donors (Lipinski definition) is 0. The highest BCUT2D eigenvalue weighted by Gasteiger charge is 2.15. The van der Waals surface area contributed by atoms with E-state index in [1.54, 1.807) is 0 Å². The fraction of sp³-hybridized carbons (Fsp3) is 0. The van der Waals surface area contributed by atoms with Crippen molar-refractivity contribution < 1.29 is 4.42 Å². The monoisotopic (exact) mass is 627 g/mol. The van der Waals surface area contributed by atoms with E-state index >= 15 is 0 Å². The van der Waals surface area contributed by atoms with Crippen LogP contribution in [-0.4, -0.2) is 15.0 Å². The molecule has 0 aliphatic carbocycles. The molecular weight excluding hydrogens is 599 g/mol. The van der Waals surface area contributed by atoms with Crippen LogP contribution in [-0.2, 0) is 0 Å². The predicted octanol–water partition coefficient (Wildman–Crippen LogP) is 11.8. The van der Waals surface area contributed by atoms with Crippen LogP contribution in [0.25, 0.3) is 89.5 Å². The van der Waals surface area contributed by atoms with E-state index in [0.29, 0.717) is 17.5 Å². The number of nitrogens with zero attached hydrogens (tertiary/aromatic N) is 3. The Morgan fingerprint density at radius 1 is 0.265 bits per heavy atom. The van der Waals surface area contributed by atoms with Crippen LogP contribution >= 0.6 is 0 Å². The van der Waals surface area contributed by atoms with Crippen molar-refractivity contribution in [1.29, 1.82) is 0 Å². The highest BCUT2D eigenvalue weighted by Crippen LogP contribution is 2.36. The molecule has 0 saturated carbocycles. The molecule has 230 valence electrons. The van der Waals surface area contributed by atoms with Gasteiger partial charge >= 0.3 is 0 Å². The van der Waals surface area contributed by atoms with Gasteiger partial charge in [-0.25, -0.2) is 15.0 Å². The first kappa shape index (κ1) is 28.6. The van der Waals surface area contributed by atoms with Gasteiger partial charge in [-0.05, 0) is 63.7 Å². The molecule has 0 amide bonds. The first-order valence-electron chi connectivity index (χ1n) is 16.4. The molecule has 9 aromatic rings. The van der Waals surface area contributed by atoms with Gasteiger partial charge in [-0.2, -0.15) is 0 Å². The van der Waals surface area contributed by atoms with Crippen LogP contribution in [0.4, 0.5) is 0 Å². The summed E-state index contributed by atoms with van der Waals surface area (Å²) in [6, 6.07) is 60.7. The molecule has 0 aliphatic rings. The number of fused-ring (bicyclic) bond motifs is 3. The van der Waals surface area contributed by atoms with Gasteiger partial charge in [0, 0.05) is 27.5 Å². The third-order valence-corrected chi connectivity index (χ3v) is 8.95. The molecule has 0 N–H and O–H groups in total. The van der Waals surface area contributed by atoms with Crippen molar-refractivity contribution in [3.05, 3.63) is 176 Å². The van der Waals surface area contributed by atoms with Crippen molar-refractivity contribution in [2.24, 2.45) is 0 Å². The maximum atomic E-state index is 6.39. The van der Waals surface area contributed by atoms with E-state index in [1.807, 2.05) is 72.8 Å². The summed E-state index contributed by atoms with van der Waals surface area (Å²) >= 11 is 0. The van der Waals surface area contributed by atoms with Crippen molar-refractivity contribution in [2.45, 2.75) is 0 Å². The average Bonchev–Trinajstić information content (AvgIpc) is 3.56. The Balaban J connectivity index is 1.05. The number of rotatable bonds is 6. The maximum absolute atomic E-state index is 6.39. The minimum absolute atomic E-state index is 0.602. The summed E-state index contributed by atoms with van der Waals surface area (Å²) in [6.07, 6.45) is 0. The van der Waals surface area contributed by atoms with Crippen LogP contribution < -0.4 is 0 Å². The first-order valence-corrected chi connectivity index (χ1v) is 16.4. The predicted molar refractivity (Wildman–Crippen MR) is 200 cm³/mol. The van der Waals surface area contributed by atoms with E-state index in [-0.39, 0.29) is 0 Å². The number of benzene rings is 7. The van der Waals surface area contributed by atoms with Crippen LogP contribution in [0, 0.1) is 0 Å². The zero-order valence-corrected chi connectivity index (χ0v) is 26.5. The molecule has 7 aromatic carbocycles. The van der Waals surface area contributed by atoms with Crippen molar-refractivity contribution >= 4 is 21.9 Å². The van der Waals surface area contributed by atoms with Crippen molar-refractivity contribution in [1.82, 2.24) is 15.0 Å². The van der Waals surface area contributed by atoms with Crippen LogP contribution in [0.3, 0.4) is 0 Å². The first-order chi connectivity index (χ1) is 24.2. The standard InChI is InChI=1S/C45H29N3O/c1-4-11-30(12-5-1)35-17-10-18-36(27-35)31-19-21-32(22-20-31)37-24-26-41-40(28-37)39-25-23-38(29-42(39)49-41)45-47-43(33-13-6-2-7-14-33)46-44(48-45)34-15-8-3-9-16-34/h1-29H. The smallest absolute Gasteiger partial charge is 0.164 e. The lowest BCUT2D eigenvalue weighted by Crippen LogP contribution is -2.00. The lowest BCUT2D eigenvalue weighted by molar-refractivity contribution is 0.669. The van der Waals surface area contributed by atoms with Gasteiger partial charge in [0.2, 0.25) is 0 Å². The molecule has 49 heavy (non-hydrogen) atoms. The SMILES string of the molecule is c1ccc(-c2cccc(-c3ccc(-c4ccc5oc6cc(-c7nc(-c8ccccc8)nc(-c8ccccc8)n7)ccc6c5c4)cc3)c2)cc1. The Morgan fingerprint density at radius 2 is 0.694 bits per heavy atom. The van der Waals surface area contributed by atoms with Gasteiger partial charge in [-0.15, -0.1) is 0 Å². The van der Waals surface area contributed by atoms with Gasteiger partial charge in [0.25, 0.3) is 0 Å². The highest BCUT2D eigenvalue weighted by molar-refractivity contribution is 6.07. The van der Waals surface area contributed by atoms with E-state index < -0.39 is 0 Å². The summed E-state index contributed by atoms with van der Waals surface area (Å²) in [6.45, 7) is 0. The molecule has 0 atom stereocenters. The zero-order valence-electron chi connectivity index (χ0n) is 26.5. The Kier molecular flexibility index (Phi) is 7.10. The summed E-state index contributed by atoms with van der Waals surface area (Å²) in [5.74, 6) is 1.87. The maximum Gasteiger partial charge on any atom is 0.164 e. The number of aromatic nitrogens is 3. The van der Waals surface area contributed by atoms with Crippen molar-refractivity contribution in [2.75, 3.05) is 0 Å². The van der Waals surface area contributed by atoms with Crippen LogP contribution in [0.1, 0.15) is 0 Å². The molecule has 0 saturated heterocycles. The van der Waals surface area contributed by atoms with E-state index in [2.05, 4.69) is 103 Å². The molecule has 0 radical (unpaired) electrons. The van der Waals surface area contributed by atoms with Crippen molar-refractivity contribution in [3.63, 3.8) is 0 Å². The van der Waals surface area contributed by atoms with Crippen molar-refractivity contribution in [3.8, 4) is 67.5 Å². The summed E-state index contributed by atoms with van der Waals surface area (Å²) < 4.78 is 6.39. The van der Waals surface area contributed by atoms with Crippen LogP contribution in [0.2, 0.25) is 0 Å². The van der Waals surface area contributed by atoms with Crippen LogP contribution in [0.15, 0.2) is 180 Å². The molecule has 2 heterocycles. The molecule has 0 aliphatic heterocycles. The number of furan rings is 1. The van der Waals surface area contributed by atoms with E-state index in [0.717, 1.165) is 49.8 Å². The van der Waals surface area contributed by atoms with E-state index in [9.17, 15) is 0 Å². The van der Waals surface area contributed by atoms with E-state index in [1.165, 1.54) is 22.3 Å². The number of hydrogen-bond acceptors (Lipinski definition) is 4. The van der Waals surface area contributed by atoms with Gasteiger partial charge in [-0.3, -0.25) is 0 Å². The second-order valence-corrected chi connectivity index (χ2v) is 12.1. The quantitative estimate of drug-likeness (QED) is 0.184. The largest absolute Gasteiger partial charge is 0.456 e. The summed E-state index contributed by atoms with van der Waals surface area (Å²) in [7, 11) is 0. The third kappa shape index (κ3) is 5.56. The fourth-order valence-electron chi connectivity index (χ4n) is 6.40. The average molecular weight is 628 g/mol. The molecule has 9 rings (SSSR count). The Labute approximate surface area is 284 Å². The summed E-state index contributed by atoms with van der Waals surface area (Å²) in [5.41, 5.74) is 11.5. The second-order valence-electron chi connectivity index (χ2n) is 12.1. The zero-order chi connectivity index (χ0) is 32.6. The van der Waals surface area contributed by atoms with Crippen LogP contribution in [0.5, 0.6) is 0 Å². The van der Waals surface area contributed by atoms with Gasteiger partial charge in [0.15, 0.2) is 17.5 Å². The Morgan fingerprint density at radius 3 is 1.27 bits per heavy atom. The fourth-order valence-corrected chi connectivity index (χ4v) is 6.40. The minimum Gasteiger partial charge on any atom is -0.456 e. The normalized spacial score (nSPS) is 11.3. The lowest BCUT2D eigenvalue weighted by atomic mass is 9.96. The molecule has 0 unspecified atom stereocenters. The summed E-state index contributed by atoms with van der Waals surface area (Å²) in [4.78, 5) is 14.6. The molecule has 0 fully saturated rings. The molecule has 0 bridgehead atoms. The highest BCUT2D eigenvalue weighted by atomic mass is 16.3. The topological polar surface area (TPSA) is 51.8 Å². The Bertz CT molecular complexity index is 2520.